The molecular formula is C12H12ClFN2O2. The molecular weight excluding hydrogens is 259 g/mol. The van der Waals surface area contributed by atoms with Crippen molar-refractivity contribution in [3.63, 3.8) is 0 Å². The number of hydrogen-bond acceptors (Lipinski definition) is 3. The van der Waals surface area contributed by atoms with Crippen molar-refractivity contribution in [2.45, 2.75) is 25.3 Å². The van der Waals surface area contributed by atoms with Gasteiger partial charge in [-0.1, -0.05) is 23.8 Å². The fraction of sp³-hybridized carbons (Fsp3) is 0.333. The Hall–Kier alpha value is -1.62. The van der Waals surface area contributed by atoms with Gasteiger partial charge in [-0.15, -0.1) is 0 Å². The summed E-state index contributed by atoms with van der Waals surface area (Å²) in [5.41, 5.74) is -0.0156. The van der Waals surface area contributed by atoms with Crippen LogP contribution in [0.5, 0.6) is 0 Å². The molecule has 96 valence electrons. The molecule has 0 saturated heterocycles. The quantitative estimate of drug-likeness (QED) is 0.515. The Balaban J connectivity index is 2.27. The van der Waals surface area contributed by atoms with E-state index in [1.54, 1.807) is 0 Å². The first-order valence-corrected chi connectivity index (χ1v) is 6.00. The number of nitrogens with zero attached hydrogens (tertiary/aromatic N) is 1. The molecule has 1 aliphatic carbocycles. The van der Waals surface area contributed by atoms with Crippen LogP contribution in [0.4, 0.5) is 15.8 Å². The van der Waals surface area contributed by atoms with Crippen molar-refractivity contribution < 1.29 is 9.31 Å². The summed E-state index contributed by atoms with van der Waals surface area (Å²) in [6.45, 7) is 0. The summed E-state index contributed by atoms with van der Waals surface area (Å²) < 4.78 is 13.4. The first-order chi connectivity index (χ1) is 8.58. The van der Waals surface area contributed by atoms with Crippen LogP contribution in [0.25, 0.3) is 0 Å². The first-order valence-electron chi connectivity index (χ1n) is 5.63. The van der Waals surface area contributed by atoms with Crippen LogP contribution in [-0.2, 0) is 0 Å². The molecule has 1 aliphatic rings. The topological polar surface area (TPSA) is 55.2 Å². The van der Waals surface area contributed by atoms with E-state index in [1.165, 1.54) is 0 Å². The lowest BCUT2D eigenvalue weighted by molar-refractivity contribution is -0.384. The fourth-order valence-electron chi connectivity index (χ4n) is 1.95. The molecule has 1 aromatic rings. The lowest BCUT2D eigenvalue weighted by Crippen LogP contribution is -2.21. The van der Waals surface area contributed by atoms with Gasteiger partial charge in [-0.3, -0.25) is 10.1 Å². The van der Waals surface area contributed by atoms with Gasteiger partial charge in [-0.2, -0.15) is 0 Å². The van der Waals surface area contributed by atoms with Gasteiger partial charge in [0.15, 0.2) is 0 Å². The van der Waals surface area contributed by atoms with Crippen LogP contribution in [0.1, 0.15) is 19.3 Å². The Morgan fingerprint density at radius 1 is 1.44 bits per heavy atom. The molecule has 0 heterocycles. The number of nitrogens with one attached hydrogen (secondary N) is 1. The zero-order valence-corrected chi connectivity index (χ0v) is 10.3. The van der Waals surface area contributed by atoms with Crippen LogP contribution in [-0.4, -0.2) is 11.0 Å². The molecule has 1 unspecified atom stereocenters. The predicted octanol–water partition coefficient (Wildman–Crippen LogP) is 3.91. The number of benzene rings is 1. The third kappa shape index (κ3) is 2.79. The molecule has 1 aromatic carbocycles. The molecule has 0 saturated carbocycles. The van der Waals surface area contributed by atoms with Crippen molar-refractivity contribution >= 4 is 23.0 Å². The zero-order chi connectivity index (χ0) is 13.1. The van der Waals surface area contributed by atoms with Gasteiger partial charge >= 0.3 is 0 Å². The fourth-order valence-corrected chi connectivity index (χ4v) is 2.11. The number of anilines is 1. The molecule has 0 bridgehead atoms. The lowest BCUT2D eigenvalue weighted by Gasteiger charge is -2.20. The van der Waals surface area contributed by atoms with Crippen molar-refractivity contribution in [3.05, 3.63) is 45.2 Å². The van der Waals surface area contributed by atoms with Gasteiger partial charge in [-0.25, -0.2) is 4.39 Å². The van der Waals surface area contributed by atoms with Gasteiger partial charge in [0.2, 0.25) is 0 Å². The van der Waals surface area contributed by atoms with Gasteiger partial charge in [0.05, 0.1) is 9.95 Å². The standard InChI is InChI=1S/C12H12ClFN2O2/c13-9-6-12(16(17)18)11(7-10(9)14)15-8-4-2-1-3-5-8/h1-2,6-8,15H,3-5H2. The van der Waals surface area contributed by atoms with Gasteiger partial charge < -0.3 is 5.32 Å². The van der Waals surface area contributed by atoms with E-state index in [9.17, 15) is 14.5 Å². The van der Waals surface area contributed by atoms with E-state index in [2.05, 4.69) is 11.4 Å². The Morgan fingerprint density at radius 2 is 2.22 bits per heavy atom. The van der Waals surface area contributed by atoms with Crippen LogP contribution in [0.2, 0.25) is 5.02 Å². The van der Waals surface area contributed by atoms with E-state index < -0.39 is 10.7 Å². The second-order valence-corrected chi connectivity index (χ2v) is 4.57. The smallest absolute Gasteiger partial charge is 0.294 e. The average molecular weight is 271 g/mol. The third-order valence-corrected chi connectivity index (χ3v) is 3.15. The van der Waals surface area contributed by atoms with Crippen LogP contribution < -0.4 is 5.32 Å². The Morgan fingerprint density at radius 3 is 2.83 bits per heavy atom. The van der Waals surface area contributed by atoms with Gasteiger partial charge in [-0.05, 0) is 19.3 Å². The van der Waals surface area contributed by atoms with Crippen molar-refractivity contribution in [2.75, 3.05) is 5.32 Å². The monoisotopic (exact) mass is 270 g/mol. The highest BCUT2D eigenvalue weighted by Crippen LogP contribution is 2.31. The number of halogens is 2. The van der Waals surface area contributed by atoms with E-state index in [4.69, 9.17) is 11.6 Å². The minimum absolute atomic E-state index is 0.0919. The van der Waals surface area contributed by atoms with Crippen LogP contribution in [0, 0.1) is 15.9 Å². The Bertz CT molecular complexity index is 505. The highest BCUT2D eigenvalue weighted by atomic mass is 35.5. The van der Waals surface area contributed by atoms with E-state index in [0.29, 0.717) is 0 Å². The summed E-state index contributed by atoms with van der Waals surface area (Å²) in [4.78, 5) is 10.3. The summed E-state index contributed by atoms with van der Waals surface area (Å²) >= 11 is 5.55. The van der Waals surface area contributed by atoms with Crippen molar-refractivity contribution in [3.8, 4) is 0 Å². The average Bonchev–Trinajstić information content (AvgIpc) is 2.34. The number of nitro groups is 1. The highest BCUT2D eigenvalue weighted by Gasteiger charge is 2.20. The highest BCUT2D eigenvalue weighted by molar-refractivity contribution is 6.31. The van der Waals surface area contributed by atoms with Crippen molar-refractivity contribution in [1.29, 1.82) is 0 Å². The summed E-state index contributed by atoms with van der Waals surface area (Å²) in [6.07, 6.45) is 6.65. The SMILES string of the molecule is O=[N+]([O-])c1cc(Cl)c(F)cc1NC1CC=CCC1. The number of rotatable bonds is 3. The first kappa shape index (κ1) is 12.8. The maximum atomic E-state index is 13.4. The van der Waals surface area contributed by atoms with E-state index in [1.807, 2.05) is 6.08 Å². The zero-order valence-electron chi connectivity index (χ0n) is 9.53. The minimum atomic E-state index is -0.656. The molecule has 0 radical (unpaired) electrons. The lowest BCUT2D eigenvalue weighted by atomic mass is 10.0. The largest absolute Gasteiger partial charge is 0.376 e. The van der Waals surface area contributed by atoms with E-state index in [0.717, 1.165) is 31.4 Å². The van der Waals surface area contributed by atoms with Gasteiger partial charge in [0, 0.05) is 18.2 Å². The Labute approximate surface area is 109 Å². The molecule has 0 fully saturated rings. The predicted molar refractivity (Wildman–Crippen MR) is 68.5 cm³/mol. The molecule has 0 amide bonds. The second-order valence-electron chi connectivity index (χ2n) is 4.17. The van der Waals surface area contributed by atoms with Crippen LogP contribution in [0.3, 0.4) is 0 Å². The molecule has 18 heavy (non-hydrogen) atoms. The second kappa shape index (κ2) is 5.35. The molecule has 1 atom stereocenters. The number of nitro benzene ring substituents is 1. The minimum Gasteiger partial charge on any atom is -0.376 e. The summed E-state index contributed by atoms with van der Waals surface area (Å²) in [6, 6.07) is 2.21. The molecule has 0 aromatic heterocycles. The summed E-state index contributed by atoms with van der Waals surface area (Å²) in [5, 5.41) is 13.7. The van der Waals surface area contributed by atoms with E-state index in [-0.39, 0.29) is 22.4 Å². The van der Waals surface area contributed by atoms with Gasteiger partial charge in [0.1, 0.15) is 11.5 Å². The van der Waals surface area contributed by atoms with Crippen LogP contribution >= 0.6 is 11.6 Å². The van der Waals surface area contributed by atoms with Crippen molar-refractivity contribution in [2.24, 2.45) is 0 Å². The van der Waals surface area contributed by atoms with E-state index >= 15 is 0 Å². The summed E-state index contributed by atoms with van der Waals surface area (Å²) in [7, 11) is 0. The maximum absolute atomic E-state index is 13.4. The molecule has 0 spiro atoms. The van der Waals surface area contributed by atoms with Gasteiger partial charge in [0.25, 0.3) is 5.69 Å². The number of hydrogen-bond donors (Lipinski definition) is 1. The maximum Gasteiger partial charge on any atom is 0.294 e. The molecule has 4 nitrogen and oxygen atoms in total. The molecule has 0 aliphatic heterocycles. The molecule has 1 N–H and O–H groups in total. The van der Waals surface area contributed by atoms with Crippen molar-refractivity contribution in [1.82, 2.24) is 0 Å². The van der Waals surface area contributed by atoms with Crippen LogP contribution in [0.15, 0.2) is 24.3 Å². The molecule has 2 rings (SSSR count). The molecule has 6 heteroatoms. The summed E-state index contributed by atoms with van der Waals surface area (Å²) in [5.74, 6) is -0.656. The normalized spacial score (nSPS) is 18.7. The number of allylic oxidation sites excluding steroid dienone is 1. The third-order valence-electron chi connectivity index (χ3n) is 2.86. The Kier molecular flexibility index (Phi) is 3.81.